The van der Waals surface area contributed by atoms with Crippen LogP contribution in [-0.2, 0) is 6.42 Å². The monoisotopic (exact) mass is 344 g/mol. The van der Waals surface area contributed by atoms with Gasteiger partial charge in [0.05, 0.1) is 0 Å². The van der Waals surface area contributed by atoms with E-state index in [-0.39, 0.29) is 5.91 Å². The van der Waals surface area contributed by atoms with E-state index in [9.17, 15) is 4.79 Å². The maximum atomic E-state index is 11.7. The van der Waals surface area contributed by atoms with E-state index in [0.717, 1.165) is 49.6 Å². The highest BCUT2D eigenvalue weighted by molar-refractivity contribution is 7.13. The Balaban J connectivity index is 1.42. The van der Waals surface area contributed by atoms with Gasteiger partial charge in [0.2, 0.25) is 0 Å². The Kier molecular flexibility index (Phi) is 5.82. The Morgan fingerprint density at radius 1 is 1.38 bits per heavy atom. The van der Waals surface area contributed by atoms with Crippen molar-refractivity contribution in [3.05, 3.63) is 47.0 Å². The lowest BCUT2D eigenvalue weighted by Gasteiger charge is -2.32. The van der Waals surface area contributed by atoms with Crippen molar-refractivity contribution >= 4 is 22.4 Å². The van der Waals surface area contributed by atoms with Crippen LogP contribution in [0.25, 0.3) is 0 Å². The van der Waals surface area contributed by atoms with Gasteiger partial charge in [-0.05, 0) is 43.5 Å². The van der Waals surface area contributed by atoms with Crippen LogP contribution in [-0.4, -0.2) is 43.6 Å². The molecule has 2 N–H and O–H groups in total. The predicted molar refractivity (Wildman–Crippen MR) is 98.9 cm³/mol. The van der Waals surface area contributed by atoms with Crippen LogP contribution >= 0.6 is 11.3 Å². The van der Waals surface area contributed by atoms with Crippen molar-refractivity contribution in [3.63, 3.8) is 0 Å². The zero-order chi connectivity index (χ0) is 16.8. The number of benzene rings is 1. The molecule has 1 aromatic heterocycles. The highest BCUT2D eigenvalue weighted by Crippen LogP contribution is 2.21. The van der Waals surface area contributed by atoms with Crippen molar-refractivity contribution in [1.82, 2.24) is 15.6 Å². The van der Waals surface area contributed by atoms with Crippen LogP contribution in [0.5, 0.6) is 0 Å². The van der Waals surface area contributed by atoms with Crippen molar-refractivity contribution in [2.24, 2.45) is 0 Å². The van der Waals surface area contributed by atoms with Crippen molar-refractivity contribution in [3.8, 4) is 0 Å². The fraction of sp³-hybridized carbons (Fsp3) is 0.444. The summed E-state index contributed by atoms with van der Waals surface area (Å²) in [5.74, 6) is -0.0284. The van der Waals surface area contributed by atoms with Crippen LogP contribution in [0, 0.1) is 0 Å². The Morgan fingerprint density at radius 3 is 2.92 bits per heavy atom. The first-order valence-corrected chi connectivity index (χ1v) is 9.33. The summed E-state index contributed by atoms with van der Waals surface area (Å²) in [7, 11) is 1.66. The second-order valence-corrected chi connectivity index (χ2v) is 6.93. The summed E-state index contributed by atoms with van der Waals surface area (Å²) in [6.45, 7) is 3.08. The Bertz CT molecular complexity index is 651. The first kappa shape index (κ1) is 16.9. The third-order valence-corrected chi connectivity index (χ3v) is 5.28. The van der Waals surface area contributed by atoms with Gasteiger partial charge in [-0.2, -0.15) is 0 Å². The number of piperidine rings is 1. The number of thiazole rings is 1. The number of aromatic nitrogens is 1. The summed E-state index contributed by atoms with van der Waals surface area (Å²) in [6, 6.07) is 8.43. The highest BCUT2D eigenvalue weighted by Gasteiger charge is 2.20. The number of nitrogens with one attached hydrogen (secondary N) is 2. The molecule has 6 heteroatoms. The lowest BCUT2D eigenvalue weighted by atomic mass is 10.0. The van der Waals surface area contributed by atoms with Gasteiger partial charge in [-0.15, -0.1) is 11.3 Å². The van der Waals surface area contributed by atoms with E-state index in [4.69, 9.17) is 0 Å². The van der Waals surface area contributed by atoms with Crippen LogP contribution in [0.4, 0.5) is 5.13 Å². The van der Waals surface area contributed by atoms with Crippen molar-refractivity contribution < 1.29 is 4.79 Å². The second-order valence-electron chi connectivity index (χ2n) is 6.06. The normalized spacial score (nSPS) is 15.5. The summed E-state index contributed by atoms with van der Waals surface area (Å²) in [5.41, 5.74) is 1.93. The summed E-state index contributed by atoms with van der Waals surface area (Å²) >= 11 is 1.71. The summed E-state index contributed by atoms with van der Waals surface area (Å²) in [5, 5.41) is 9.50. The first-order chi connectivity index (χ1) is 11.8. The van der Waals surface area contributed by atoms with Gasteiger partial charge in [-0.25, -0.2) is 4.98 Å². The largest absolute Gasteiger partial charge is 0.355 e. The number of hydrogen-bond acceptors (Lipinski definition) is 5. The zero-order valence-corrected chi connectivity index (χ0v) is 14.8. The molecule has 0 spiro atoms. The second kappa shape index (κ2) is 8.26. The van der Waals surface area contributed by atoms with Gasteiger partial charge in [0, 0.05) is 43.3 Å². The Hall–Kier alpha value is -1.92. The third-order valence-electron chi connectivity index (χ3n) is 4.45. The Morgan fingerprint density at radius 2 is 2.21 bits per heavy atom. The van der Waals surface area contributed by atoms with Crippen LogP contribution in [0.3, 0.4) is 0 Å². The smallest absolute Gasteiger partial charge is 0.251 e. The van der Waals surface area contributed by atoms with Gasteiger partial charge in [0.1, 0.15) is 0 Å². The number of anilines is 1. The quantitative estimate of drug-likeness (QED) is 0.844. The van der Waals surface area contributed by atoms with Gasteiger partial charge in [0.15, 0.2) is 5.13 Å². The molecule has 24 heavy (non-hydrogen) atoms. The average molecular weight is 344 g/mol. The molecule has 1 aromatic carbocycles. The molecule has 1 fully saturated rings. The summed E-state index contributed by atoms with van der Waals surface area (Å²) < 4.78 is 0. The molecule has 3 rings (SSSR count). The maximum Gasteiger partial charge on any atom is 0.251 e. The SMILES string of the molecule is CNC(=O)c1cccc(CCNC2CCN(c3nccs3)CC2)c1. The van der Waals surface area contributed by atoms with Gasteiger partial charge < -0.3 is 15.5 Å². The molecule has 2 aromatic rings. The van der Waals surface area contributed by atoms with Gasteiger partial charge in [0.25, 0.3) is 5.91 Å². The lowest BCUT2D eigenvalue weighted by molar-refractivity contribution is 0.0963. The molecule has 5 nitrogen and oxygen atoms in total. The van der Waals surface area contributed by atoms with Gasteiger partial charge >= 0.3 is 0 Å². The summed E-state index contributed by atoms with van der Waals surface area (Å²) in [4.78, 5) is 18.4. The number of rotatable bonds is 6. The fourth-order valence-corrected chi connectivity index (χ4v) is 3.78. The maximum absolute atomic E-state index is 11.7. The molecule has 0 radical (unpaired) electrons. The molecular formula is C18H24N4OS. The van der Waals surface area contributed by atoms with E-state index in [1.54, 1.807) is 18.4 Å². The average Bonchev–Trinajstić information content (AvgIpc) is 3.16. The van der Waals surface area contributed by atoms with Crippen molar-refractivity contribution in [2.45, 2.75) is 25.3 Å². The molecule has 1 amide bonds. The van der Waals surface area contributed by atoms with Crippen LogP contribution in [0.1, 0.15) is 28.8 Å². The molecule has 1 aliphatic heterocycles. The predicted octanol–water partition coefficient (Wildman–Crippen LogP) is 2.30. The van der Waals surface area contributed by atoms with Crippen molar-refractivity contribution in [1.29, 1.82) is 0 Å². The van der Waals surface area contributed by atoms with Crippen LogP contribution in [0.15, 0.2) is 35.8 Å². The standard InChI is InChI=1S/C18H24N4OS/c1-19-17(23)15-4-2-3-14(13-15)5-8-20-16-6-10-22(11-7-16)18-21-9-12-24-18/h2-4,9,12-13,16,20H,5-8,10-11H2,1H3,(H,19,23). The van der Waals surface area contributed by atoms with E-state index >= 15 is 0 Å². The van der Waals surface area contributed by atoms with Crippen molar-refractivity contribution in [2.75, 3.05) is 31.6 Å². The number of hydrogen-bond donors (Lipinski definition) is 2. The Labute approximate surface area is 147 Å². The van der Waals surface area contributed by atoms with E-state index in [2.05, 4.69) is 26.6 Å². The van der Waals surface area contributed by atoms with Gasteiger partial charge in [-0.3, -0.25) is 4.79 Å². The third kappa shape index (κ3) is 4.33. The van der Waals surface area contributed by atoms with E-state index in [1.807, 2.05) is 29.8 Å². The van der Waals surface area contributed by atoms with E-state index in [0.29, 0.717) is 6.04 Å². The minimum absolute atomic E-state index is 0.0284. The minimum Gasteiger partial charge on any atom is -0.355 e. The molecule has 0 saturated carbocycles. The molecule has 1 saturated heterocycles. The number of amides is 1. The van der Waals surface area contributed by atoms with Crippen LogP contribution < -0.4 is 15.5 Å². The first-order valence-electron chi connectivity index (χ1n) is 8.45. The van der Waals surface area contributed by atoms with Gasteiger partial charge in [-0.1, -0.05) is 12.1 Å². The minimum atomic E-state index is -0.0284. The number of nitrogens with zero attached hydrogens (tertiary/aromatic N) is 2. The molecule has 0 bridgehead atoms. The van der Waals surface area contributed by atoms with E-state index in [1.165, 1.54) is 5.56 Å². The van der Waals surface area contributed by atoms with E-state index < -0.39 is 0 Å². The molecule has 128 valence electrons. The molecule has 1 aliphatic rings. The topological polar surface area (TPSA) is 57.3 Å². The lowest BCUT2D eigenvalue weighted by Crippen LogP contribution is -2.43. The number of carbonyl (C=O) groups is 1. The molecular weight excluding hydrogens is 320 g/mol. The highest BCUT2D eigenvalue weighted by atomic mass is 32.1. The molecule has 0 unspecified atom stereocenters. The number of carbonyl (C=O) groups excluding carboxylic acids is 1. The fourth-order valence-electron chi connectivity index (χ4n) is 3.08. The summed E-state index contributed by atoms with van der Waals surface area (Å²) in [6.07, 6.45) is 5.12. The molecule has 0 aliphatic carbocycles. The van der Waals surface area contributed by atoms with Crippen LogP contribution in [0.2, 0.25) is 0 Å². The zero-order valence-electron chi connectivity index (χ0n) is 14.0. The molecule has 0 atom stereocenters. The molecule has 2 heterocycles.